The number of nitrogens with one attached hydrogen (secondary N) is 1. The topological polar surface area (TPSA) is 106 Å². The summed E-state index contributed by atoms with van der Waals surface area (Å²) < 4.78 is 4.34. The predicted octanol–water partition coefficient (Wildman–Crippen LogP) is 7.54. The second-order valence-corrected chi connectivity index (χ2v) is 12.4. The smallest absolute Gasteiger partial charge is 0.255 e. The van der Waals surface area contributed by atoms with E-state index in [1.165, 1.54) is 11.3 Å². The second kappa shape index (κ2) is 8.59. The summed E-state index contributed by atoms with van der Waals surface area (Å²) >= 11 is 1.50. The largest absolute Gasteiger partial charge is 0.277 e. The molecule has 0 aliphatic heterocycles. The average Bonchev–Trinajstić information content (AvgIpc) is 3.55. The van der Waals surface area contributed by atoms with E-state index in [0.29, 0.717) is 33.7 Å². The first-order chi connectivity index (χ1) is 17.4. The summed E-state index contributed by atoms with van der Waals surface area (Å²) in [5, 5.41) is 22.7. The molecular formula is C26H30N10S. The Kier molecular flexibility index (Phi) is 5.75. The number of aromatic nitrogens is 7. The minimum atomic E-state index is -0.372. The Bertz CT molecular complexity index is 1660. The van der Waals surface area contributed by atoms with Crippen molar-refractivity contribution < 1.29 is 0 Å². The van der Waals surface area contributed by atoms with E-state index in [9.17, 15) is 0 Å². The van der Waals surface area contributed by atoms with E-state index in [4.69, 9.17) is 26.8 Å². The molecule has 0 aliphatic rings. The molecule has 37 heavy (non-hydrogen) atoms. The van der Waals surface area contributed by atoms with Gasteiger partial charge in [0, 0.05) is 11.3 Å². The lowest BCUT2D eigenvalue weighted by atomic mass is 9.91. The van der Waals surface area contributed by atoms with Gasteiger partial charge in [0.25, 0.3) is 5.69 Å². The zero-order valence-electron chi connectivity index (χ0n) is 22.3. The normalized spacial score (nSPS) is 13.0. The number of para-hydroxylation sites is 1. The molecule has 0 amide bonds. The third-order valence-electron chi connectivity index (χ3n) is 5.92. The lowest BCUT2D eigenvalue weighted by molar-refractivity contribution is 0.555. The summed E-state index contributed by atoms with van der Waals surface area (Å²) in [6.45, 7) is 24.5. The molecule has 0 unspecified atom stereocenters. The molecule has 1 N–H and O–H groups in total. The maximum atomic E-state index is 7.99. The van der Waals surface area contributed by atoms with Gasteiger partial charge >= 0.3 is 0 Å². The fraction of sp³-hybridized carbons (Fsp3) is 0.423. The Balaban J connectivity index is 1.74. The first kappa shape index (κ1) is 24.8. The molecule has 0 fully saturated rings. The van der Waals surface area contributed by atoms with Crippen molar-refractivity contribution in [1.82, 2.24) is 34.6 Å². The third kappa shape index (κ3) is 4.31. The Labute approximate surface area is 219 Å². The zero-order valence-corrected chi connectivity index (χ0v) is 23.1. The van der Waals surface area contributed by atoms with Crippen LogP contribution in [0.4, 0.5) is 17.2 Å². The van der Waals surface area contributed by atoms with Gasteiger partial charge in [-0.1, -0.05) is 78.9 Å². The summed E-state index contributed by atoms with van der Waals surface area (Å²) in [6, 6.07) is 7.92. The molecule has 0 aliphatic carbocycles. The van der Waals surface area contributed by atoms with Gasteiger partial charge in [0.2, 0.25) is 10.8 Å². The van der Waals surface area contributed by atoms with Gasteiger partial charge in [-0.3, -0.25) is 5.10 Å². The number of hydrogen-bond donors (Lipinski definition) is 1. The summed E-state index contributed by atoms with van der Waals surface area (Å²) in [6.07, 6.45) is 0. The number of nitrogens with zero attached hydrogens (tertiary/aromatic N) is 9. The zero-order chi connectivity index (χ0) is 26.7. The van der Waals surface area contributed by atoms with Gasteiger partial charge in [0.05, 0.1) is 28.2 Å². The van der Waals surface area contributed by atoms with Crippen LogP contribution in [0.5, 0.6) is 0 Å². The van der Waals surface area contributed by atoms with E-state index < -0.39 is 0 Å². The Morgan fingerprint density at radius 2 is 1.73 bits per heavy atom. The van der Waals surface area contributed by atoms with Gasteiger partial charge in [-0.2, -0.15) is 14.4 Å². The van der Waals surface area contributed by atoms with Crippen molar-refractivity contribution in [1.29, 1.82) is 0 Å². The maximum absolute atomic E-state index is 7.99. The lowest BCUT2D eigenvalue weighted by Gasteiger charge is -2.16. The molecule has 4 aromatic heterocycles. The molecule has 5 aromatic rings. The fourth-order valence-corrected chi connectivity index (χ4v) is 4.89. The predicted molar refractivity (Wildman–Crippen MR) is 146 cm³/mol. The van der Waals surface area contributed by atoms with Crippen molar-refractivity contribution in [2.24, 2.45) is 10.2 Å². The highest BCUT2D eigenvalue weighted by Crippen LogP contribution is 2.43. The van der Waals surface area contributed by atoms with Crippen molar-refractivity contribution in [2.45, 2.75) is 72.1 Å². The van der Waals surface area contributed by atoms with Crippen molar-refractivity contribution in [3.05, 3.63) is 52.9 Å². The quantitative estimate of drug-likeness (QED) is 0.197. The van der Waals surface area contributed by atoms with Gasteiger partial charge in [0.15, 0.2) is 17.3 Å². The third-order valence-corrected chi connectivity index (χ3v) is 6.94. The number of aromatic amines is 1. The van der Waals surface area contributed by atoms with Crippen LogP contribution in [0.15, 0.2) is 34.5 Å². The number of azo groups is 1. The van der Waals surface area contributed by atoms with Crippen molar-refractivity contribution in [3.63, 3.8) is 0 Å². The molecule has 4 heterocycles. The van der Waals surface area contributed by atoms with E-state index >= 15 is 0 Å². The van der Waals surface area contributed by atoms with Crippen molar-refractivity contribution in [3.8, 4) is 5.13 Å². The van der Waals surface area contributed by atoms with Crippen LogP contribution in [0.3, 0.4) is 0 Å². The molecule has 0 saturated heterocycles. The molecule has 0 spiro atoms. The monoisotopic (exact) mass is 514 g/mol. The molecule has 0 bridgehead atoms. The highest BCUT2D eigenvalue weighted by atomic mass is 32.1. The average molecular weight is 515 g/mol. The Morgan fingerprint density at radius 3 is 2.35 bits per heavy atom. The van der Waals surface area contributed by atoms with Crippen LogP contribution in [0.1, 0.15) is 78.5 Å². The highest BCUT2D eigenvalue weighted by molar-refractivity contribution is 7.20. The van der Waals surface area contributed by atoms with Crippen LogP contribution in [0, 0.1) is 6.57 Å². The number of H-pyrrole nitrogens is 1. The van der Waals surface area contributed by atoms with Gasteiger partial charge in [-0.25, -0.2) is 14.8 Å². The first-order valence-electron chi connectivity index (χ1n) is 12.2. The van der Waals surface area contributed by atoms with Crippen LogP contribution < -0.4 is 0 Å². The van der Waals surface area contributed by atoms with Crippen molar-refractivity contribution in [2.75, 3.05) is 0 Å². The molecule has 0 atom stereocenters. The van der Waals surface area contributed by atoms with Gasteiger partial charge < -0.3 is 0 Å². The second-order valence-electron chi connectivity index (χ2n) is 11.4. The van der Waals surface area contributed by atoms with Crippen LogP contribution in [-0.2, 0) is 10.8 Å². The van der Waals surface area contributed by atoms with Gasteiger partial charge in [0.1, 0.15) is 0 Å². The van der Waals surface area contributed by atoms with Crippen LogP contribution in [-0.4, -0.2) is 34.6 Å². The van der Waals surface area contributed by atoms with Crippen LogP contribution in [0.25, 0.3) is 25.8 Å². The first-order valence-corrected chi connectivity index (χ1v) is 13.0. The molecule has 0 radical (unpaired) electrons. The van der Waals surface area contributed by atoms with Gasteiger partial charge in [-0.15, -0.1) is 15.3 Å². The Morgan fingerprint density at radius 1 is 1.00 bits per heavy atom. The summed E-state index contributed by atoms with van der Waals surface area (Å²) in [7, 11) is 0. The summed E-state index contributed by atoms with van der Waals surface area (Å²) in [5.41, 5.74) is 3.30. The maximum Gasteiger partial charge on any atom is 0.255 e. The summed E-state index contributed by atoms with van der Waals surface area (Å²) in [5.74, 6) is 1.24. The number of thiazole rings is 1. The standard InChI is InChI=1S/C26H30N10S/c1-14(2)21-29-22-18(20(26(6,7)8)33-36(22)34-21)30-31-23-17(27-9)19(25(3,4)5)32-35(23)24-28-15-12-10-11-13-16(15)37-24/h10-14,33H,1-8H3. The number of fused-ring (bicyclic) bond motifs is 2. The van der Waals surface area contributed by atoms with E-state index in [1.54, 1.807) is 9.31 Å². The molecule has 190 valence electrons. The molecule has 10 nitrogen and oxygen atoms in total. The minimum absolute atomic E-state index is 0.166. The van der Waals surface area contributed by atoms with E-state index in [2.05, 4.69) is 40.9 Å². The van der Waals surface area contributed by atoms with Crippen LogP contribution >= 0.6 is 11.3 Å². The van der Waals surface area contributed by atoms with Gasteiger partial charge in [-0.05, 0) is 17.5 Å². The lowest BCUT2D eigenvalue weighted by Crippen LogP contribution is -2.12. The highest BCUT2D eigenvalue weighted by Gasteiger charge is 2.30. The minimum Gasteiger partial charge on any atom is -0.277 e. The SMILES string of the molecule is [C-]#[N+]c1c(C(C)(C)C)nn(-c2nc3ccccc3s2)c1N=Nc1c(C(C)(C)C)[nH]n2nc(C(C)C)nc12. The molecule has 5 rings (SSSR count). The molecule has 11 heteroatoms. The van der Waals surface area contributed by atoms with E-state index in [0.717, 1.165) is 21.7 Å². The molecular weight excluding hydrogens is 484 g/mol. The molecule has 0 saturated carbocycles. The summed E-state index contributed by atoms with van der Waals surface area (Å²) in [4.78, 5) is 13.3. The number of hydrogen-bond acceptors (Lipinski definition) is 7. The Hall–Kier alpha value is -3.91. The van der Waals surface area contributed by atoms with Crippen LogP contribution in [0.2, 0.25) is 0 Å². The van der Waals surface area contributed by atoms with E-state index in [1.807, 2.05) is 58.9 Å². The van der Waals surface area contributed by atoms with Crippen molar-refractivity contribution >= 4 is 44.4 Å². The number of benzene rings is 1. The molecule has 1 aromatic carbocycles. The number of rotatable bonds is 4. The fourth-order valence-electron chi connectivity index (χ4n) is 3.97. The van der Waals surface area contributed by atoms with E-state index in [-0.39, 0.29) is 16.7 Å².